The summed E-state index contributed by atoms with van der Waals surface area (Å²) in [5.41, 5.74) is 0.973. The fourth-order valence-corrected chi connectivity index (χ4v) is 5.33. The van der Waals surface area contributed by atoms with Gasteiger partial charge in [-0.25, -0.2) is 0 Å². The minimum absolute atomic E-state index is 0.0957. The Kier molecular flexibility index (Phi) is 3.41. The van der Waals surface area contributed by atoms with Crippen LogP contribution < -0.4 is 5.32 Å². The van der Waals surface area contributed by atoms with E-state index in [2.05, 4.69) is 17.5 Å². The molecule has 1 saturated heterocycles. The van der Waals surface area contributed by atoms with Crippen LogP contribution in [0.3, 0.4) is 0 Å². The van der Waals surface area contributed by atoms with Gasteiger partial charge in [-0.3, -0.25) is 24.1 Å². The van der Waals surface area contributed by atoms with E-state index in [0.29, 0.717) is 23.1 Å². The molecule has 1 aromatic rings. The van der Waals surface area contributed by atoms with Crippen LogP contribution in [-0.2, 0) is 14.4 Å². The first-order valence-corrected chi connectivity index (χ1v) is 9.40. The summed E-state index contributed by atoms with van der Waals surface area (Å²) in [7, 11) is 0. The summed E-state index contributed by atoms with van der Waals surface area (Å²) in [5, 5.41) is 2.69. The maximum atomic E-state index is 12.9. The molecule has 1 aromatic carbocycles. The van der Waals surface area contributed by atoms with E-state index in [4.69, 9.17) is 0 Å². The zero-order valence-corrected chi connectivity index (χ0v) is 14.9. The quantitative estimate of drug-likeness (QED) is 0.502. The minimum atomic E-state index is -0.429. The summed E-state index contributed by atoms with van der Waals surface area (Å²) >= 11 is 0. The van der Waals surface area contributed by atoms with Crippen molar-refractivity contribution in [2.45, 2.75) is 13.3 Å². The summed E-state index contributed by atoms with van der Waals surface area (Å²) in [5.74, 6) is -0.117. The topological polar surface area (TPSA) is 83.6 Å². The van der Waals surface area contributed by atoms with Crippen molar-refractivity contribution < 1.29 is 19.2 Å². The summed E-state index contributed by atoms with van der Waals surface area (Å²) < 4.78 is 0. The van der Waals surface area contributed by atoms with Crippen molar-refractivity contribution in [3.05, 3.63) is 42.0 Å². The van der Waals surface area contributed by atoms with E-state index < -0.39 is 5.91 Å². The number of hydrogen-bond acceptors (Lipinski definition) is 4. The Hall–Kier alpha value is -2.76. The lowest BCUT2D eigenvalue weighted by molar-refractivity contribution is -0.142. The zero-order valence-electron chi connectivity index (χ0n) is 14.9. The third kappa shape index (κ3) is 2.39. The number of nitrogens with one attached hydrogen (secondary N) is 1. The van der Waals surface area contributed by atoms with Crippen molar-refractivity contribution in [1.82, 2.24) is 4.90 Å². The molecule has 3 fully saturated rings. The molecular weight excluding hydrogens is 344 g/mol. The van der Waals surface area contributed by atoms with Gasteiger partial charge in [0.2, 0.25) is 17.7 Å². The van der Waals surface area contributed by atoms with Crippen LogP contribution in [0.1, 0.15) is 23.7 Å². The molecule has 6 nitrogen and oxygen atoms in total. The Balaban J connectivity index is 1.31. The molecule has 27 heavy (non-hydrogen) atoms. The van der Waals surface area contributed by atoms with Crippen LogP contribution in [0.5, 0.6) is 0 Å². The predicted molar refractivity (Wildman–Crippen MR) is 96.5 cm³/mol. The molecule has 1 heterocycles. The van der Waals surface area contributed by atoms with E-state index in [9.17, 15) is 19.2 Å². The standard InChI is InChI=1S/C21H20N2O4/c1-10(24)11-3-2-4-12(7-11)22-17(25)9-23-20(26)18-13-5-6-14(16-8-15(13)16)19(18)21(23)27/h2-7,13-16,18-19H,8-9H2,1H3,(H,22,25)/t13-,14-,15-,16-,18+,19+/m1/s1. The van der Waals surface area contributed by atoms with Crippen molar-refractivity contribution in [3.63, 3.8) is 0 Å². The third-order valence-corrected chi connectivity index (χ3v) is 6.61. The van der Waals surface area contributed by atoms with Crippen LogP contribution in [-0.4, -0.2) is 34.9 Å². The molecule has 1 N–H and O–H groups in total. The lowest BCUT2D eigenvalue weighted by Gasteiger charge is -2.37. The van der Waals surface area contributed by atoms with Crippen LogP contribution in [0.25, 0.3) is 0 Å². The van der Waals surface area contributed by atoms with Crippen LogP contribution in [0.2, 0.25) is 0 Å². The number of Topliss-reactive ketones (excluding diaryl/α,β-unsaturated/α-hetero) is 1. The van der Waals surface area contributed by atoms with Gasteiger partial charge in [-0.05, 0) is 49.1 Å². The zero-order chi connectivity index (χ0) is 18.9. The molecule has 3 amide bonds. The molecule has 0 aromatic heterocycles. The number of imide groups is 1. The molecule has 6 rings (SSSR count). The van der Waals surface area contributed by atoms with Gasteiger partial charge in [0, 0.05) is 11.3 Å². The normalized spacial score (nSPS) is 35.1. The Labute approximate surface area is 156 Å². The SMILES string of the molecule is CC(=O)c1cccc(NC(=O)CN2C(=O)[C@H]3[C@@H]4C=C[C@H]([C@H]5C[C@H]45)[C@@H]3C2=O)c1. The summed E-state index contributed by atoms with van der Waals surface area (Å²) in [6.45, 7) is 1.18. The fraction of sp³-hybridized carbons (Fsp3) is 0.429. The summed E-state index contributed by atoms with van der Waals surface area (Å²) in [6.07, 6.45) is 5.34. The van der Waals surface area contributed by atoms with Crippen molar-refractivity contribution in [2.24, 2.45) is 35.5 Å². The summed E-state index contributed by atoms with van der Waals surface area (Å²) in [6, 6.07) is 6.62. The largest absolute Gasteiger partial charge is 0.325 e. The molecule has 6 heteroatoms. The van der Waals surface area contributed by atoms with Crippen molar-refractivity contribution in [2.75, 3.05) is 11.9 Å². The average Bonchev–Trinajstić information content (AvgIpc) is 3.43. The highest BCUT2D eigenvalue weighted by Crippen LogP contribution is 2.65. The number of nitrogens with zero attached hydrogens (tertiary/aromatic N) is 1. The highest BCUT2D eigenvalue weighted by molar-refractivity contribution is 6.09. The Morgan fingerprint density at radius 2 is 1.70 bits per heavy atom. The third-order valence-electron chi connectivity index (χ3n) is 6.61. The number of allylic oxidation sites excluding steroid dienone is 2. The minimum Gasteiger partial charge on any atom is -0.325 e. The second kappa shape index (κ2) is 5.62. The Bertz CT molecular complexity index is 885. The number of carbonyl (C=O) groups excluding carboxylic acids is 4. The van der Waals surface area contributed by atoms with E-state index in [0.717, 1.165) is 11.3 Å². The Morgan fingerprint density at radius 1 is 1.07 bits per heavy atom. The van der Waals surface area contributed by atoms with Crippen molar-refractivity contribution in [1.29, 1.82) is 0 Å². The smallest absolute Gasteiger partial charge is 0.244 e. The molecule has 1 aliphatic heterocycles. The van der Waals surface area contributed by atoms with Crippen LogP contribution >= 0.6 is 0 Å². The number of carbonyl (C=O) groups is 4. The van der Waals surface area contributed by atoms with Crippen LogP contribution in [0.15, 0.2) is 36.4 Å². The van der Waals surface area contributed by atoms with Gasteiger partial charge in [-0.15, -0.1) is 0 Å². The number of amides is 3. The van der Waals surface area contributed by atoms with Gasteiger partial charge in [0.15, 0.2) is 5.78 Å². The maximum absolute atomic E-state index is 12.9. The molecule has 2 saturated carbocycles. The molecule has 5 aliphatic rings. The highest BCUT2D eigenvalue weighted by Gasteiger charge is 2.67. The molecule has 0 unspecified atom stereocenters. The second-order valence-electron chi connectivity index (χ2n) is 8.10. The molecule has 4 aliphatic carbocycles. The van der Waals surface area contributed by atoms with E-state index in [1.165, 1.54) is 6.92 Å². The molecular formula is C21H20N2O4. The lowest BCUT2D eigenvalue weighted by atomic mass is 9.63. The predicted octanol–water partition coefficient (Wildman–Crippen LogP) is 1.88. The average molecular weight is 364 g/mol. The van der Waals surface area contributed by atoms with Crippen LogP contribution in [0.4, 0.5) is 5.69 Å². The van der Waals surface area contributed by atoms with Gasteiger partial charge in [0.1, 0.15) is 6.54 Å². The number of rotatable bonds is 4. The first-order chi connectivity index (χ1) is 13.0. The lowest BCUT2D eigenvalue weighted by Crippen LogP contribution is -2.40. The van der Waals surface area contributed by atoms with Crippen molar-refractivity contribution in [3.8, 4) is 0 Å². The van der Waals surface area contributed by atoms with Gasteiger partial charge in [0.25, 0.3) is 0 Å². The molecule has 0 radical (unpaired) electrons. The maximum Gasteiger partial charge on any atom is 0.244 e. The van der Waals surface area contributed by atoms with E-state index in [1.54, 1.807) is 24.3 Å². The van der Waals surface area contributed by atoms with E-state index >= 15 is 0 Å². The van der Waals surface area contributed by atoms with Crippen molar-refractivity contribution >= 4 is 29.2 Å². The van der Waals surface area contributed by atoms with Gasteiger partial charge >= 0.3 is 0 Å². The number of hydrogen-bond donors (Lipinski definition) is 1. The van der Waals surface area contributed by atoms with Gasteiger partial charge in [0.05, 0.1) is 11.8 Å². The van der Waals surface area contributed by atoms with Gasteiger partial charge in [-0.2, -0.15) is 0 Å². The molecule has 2 bridgehead atoms. The number of ketones is 1. The number of benzene rings is 1. The number of anilines is 1. The van der Waals surface area contributed by atoms with E-state index in [-0.39, 0.29) is 47.8 Å². The monoisotopic (exact) mass is 364 g/mol. The molecule has 6 atom stereocenters. The molecule has 0 spiro atoms. The second-order valence-corrected chi connectivity index (χ2v) is 8.10. The highest BCUT2D eigenvalue weighted by atomic mass is 16.2. The number of likely N-dealkylation sites (tertiary alicyclic amines) is 1. The van der Waals surface area contributed by atoms with Gasteiger partial charge in [-0.1, -0.05) is 24.3 Å². The first-order valence-electron chi connectivity index (χ1n) is 9.40. The fourth-order valence-electron chi connectivity index (χ4n) is 5.33. The molecule has 138 valence electrons. The Morgan fingerprint density at radius 3 is 2.30 bits per heavy atom. The van der Waals surface area contributed by atoms with Gasteiger partial charge < -0.3 is 5.32 Å². The first kappa shape index (κ1) is 16.4. The van der Waals surface area contributed by atoms with E-state index in [1.807, 2.05) is 0 Å². The van der Waals surface area contributed by atoms with Crippen LogP contribution in [0, 0.1) is 35.5 Å². The summed E-state index contributed by atoms with van der Waals surface area (Å²) in [4.78, 5) is 50.8.